The smallest absolute Gasteiger partial charge is 0.271 e. The van der Waals surface area contributed by atoms with Gasteiger partial charge in [-0.15, -0.1) is 0 Å². The van der Waals surface area contributed by atoms with Crippen molar-refractivity contribution >= 4 is 17.5 Å². The predicted octanol–water partition coefficient (Wildman–Crippen LogP) is 5.31. The third-order valence-electron chi connectivity index (χ3n) is 6.94. The van der Waals surface area contributed by atoms with Crippen molar-refractivity contribution in [1.29, 1.82) is 0 Å². The SMILES string of the molecule is CC1CCCC(C)N1CCCNC(=O)c1nc(-c2ccc(Cl)cc2)n2c1CCCCC2. The molecule has 31 heavy (non-hydrogen) atoms. The molecular formula is C25H35ClN4O. The standard InChI is InChI=1S/C25H35ClN4O/c1-18-8-6-9-19(2)29(18)17-7-15-27-25(31)23-22-10-4-3-5-16-30(22)24(28-23)20-11-13-21(26)14-12-20/h11-14,18-19H,3-10,15-17H2,1-2H3,(H,27,31). The van der Waals surface area contributed by atoms with Crippen molar-refractivity contribution in [3.8, 4) is 11.4 Å². The number of likely N-dealkylation sites (tertiary alicyclic amines) is 1. The monoisotopic (exact) mass is 442 g/mol. The maximum Gasteiger partial charge on any atom is 0.271 e. The van der Waals surface area contributed by atoms with Crippen molar-refractivity contribution in [3.05, 3.63) is 40.7 Å². The van der Waals surface area contributed by atoms with E-state index in [1.54, 1.807) is 0 Å². The molecular weight excluding hydrogens is 408 g/mol. The van der Waals surface area contributed by atoms with Gasteiger partial charge in [-0.05, 0) is 76.6 Å². The van der Waals surface area contributed by atoms with Crippen LogP contribution in [0.5, 0.6) is 0 Å². The van der Waals surface area contributed by atoms with Gasteiger partial charge in [0, 0.05) is 42.3 Å². The highest BCUT2D eigenvalue weighted by atomic mass is 35.5. The van der Waals surface area contributed by atoms with E-state index in [0.29, 0.717) is 29.3 Å². The van der Waals surface area contributed by atoms with Gasteiger partial charge < -0.3 is 9.88 Å². The minimum atomic E-state index is -0.0365. The van der Waals surface area contributed by atoms with Gasteiger partial charge in [0.1, 0.15) is 11.5 Å². The predicted molar refractivity (Wildman–Crippen MR) is 127 cm³/mol. The molecule has 1 saturated heterocycles. The molecule has 1 N–H and O–H groups in total. The number of halogens is 1. The first-order valence-electron chi connectivity index (χ1n) is 11.9. The maximum absolute atomic E-state index is 13.1. The van der Waals surface area contributed by atoms with Crippen LogP contribution in [0.3, 0.4) is 0 Å². The molecule has 1 aromatic carbocycles. The number of carbonyl (C=O) groups is 1. The van der Waals surface area contributed by atoms with Crippen molar-refractivity contribution in [3.63, 3.8) is 0 Å². The summed E-state index contributed by atoms with van der Waals surface area (Å²) in [7, 11) is 0. The van der Waals surface area contributed by atoms with E-state index in [-0.39, 0.29) is 5.91 Å². The summed E-state index contributed by atoms with van der Waals surface area (Å²) in [6, 6.07) is 9.04. The topological polar surface area (TPSA) is 50.2 Å². The van der Waals surface area contributed by atoms with Gasteiger partial charge in [-0.25, -0.2) is 4.98 Å². The van der Waals surface area contributed by atoms with E-state index in [2.05, 4.69) is 28.6 Å². The Morgan fingerprint density at radius 3 is 2.58 bits per heavy atom. The second kappa shape index (κ2) is 10.2. The van der Waals surface area contributed by atoms with Crippen LogP contribution in [0.2, 0.25) is 5.02 Å². The third kappa shape index (κ3) is 5.15. The number of aromatic nitrogens is 2. The summed E-state index contributed by atoms with van der Waals surface area (Å²) in [4.78, 5) is 20.5. The molecule has 5 nitrogen and oxygen atoms in total. The Hall–Kier alpha value is -1.85. The number of piperidine rings is 1. The lowest BCUT2D eigenvalue weighted by Gasteiger charge is -2.39. The van der Waals surface area contributed by atoms with Crippen LogP contribution in [0.1, 0.15) is 75.0 Å². The lowest BCUT2D eigenvalue weighted by molar-refractivity contribution is 0.0921. The molecule has 0 radical (unpaired) electrons. The summed E-state index contributed by atoms with van der Waals surface area (Å²) in [6.07, 6.45) is 9.20. The van der Waals surface area contributed by atoms with E-state index in [1.807, 2.05) is 24.3 Å². The van der Waals surface area contributed by atoms with Crippen LogP contribution >= 0.6 is 11.6 Å². The number of rotatable bonds is 6. The van der Waals surface area contributed by atoms with Crippen LogP contribution in [0.25, 0.3) is 11.4 Å². The molecule has 2 atom stereocenters. The molecule has 2 unspecified atom stereocenters. The number of hydrogen-bond acceptors (Lipinski definition) is 3. The number of imidazole rings is 1. The molecule has 2 aliphatic heterocycles. The zero-order valence-corrected chi connectivity index (χ0v) is 19.6. The third-order valence-corrected chi connectivity index (χ3v) is 7.19. The first-order valence-corrected chi connectivity index (χ1v) is 12.3. The van der Waals surface area contributed by atoms with Crippen LogP contribution in [0.4, 0.5) is 0 Å². The van der Waals surface area contributed by atoms with Gasteiger partial charge in [0.05, 0.1) is 5.69 Å². The average molecular weight is 443 g/mol. The van der Waals surface area contributed by atoms with Crippen molar-refractivity contribution in [1.82, 2.24) is 19.8 Å². The molecule has 0 bridgehead atoms. The van der Waals surface area contributed by atoms with E-state index < -0.39 is 0 Å². The molecule has 3 heterocycles. The highest BCUT2D eigenvalue weighted by Crippen LogP contribution is 2.28. The van der Waals surface area contributed by atoms with Gasteiger partial charge in [0.25, 0.3) is 5.91 Å². The average Bonchev–Trinajstić information content (AvgIpc) is 2.94. The van der Waals surface area contributed by atoms with Crippen LogP contribution in [0, 0.1) is 0 Å². The fraction of sp³-hybridized carbons (Fsp3) is 0.600. The quantitative estimate of drug-likeness (QED) is 0.616. The zero-order chi connectivity index (χ0) is 21.8. The molecule has 6 heteroatoms. The summed E-state index contributed by atoms with van der Waals surface area (Å²) in [5, 5.41) is 3.86. The first kappa shape index (κ1) is 22.3. The molecule has 0 aliphatic carbocycles. The van der Waals surface area contributed by atoms with Crippen LogP contribution in [-0.2, 0) is 13.0 Å². The minimum Gasteiger partial charge on any atom is -0.351 e. The first-order chi connectivity index (χ1) is 15.0. The van der Waals surface area contributed by atoms with E-state index in [0.717, 1.165) is 55.9 Å². The van der Waals surface area contributed by atoms with Crippen molar-refractivity contribution in [2.75, 3.05) is 13.1 Å². The van der Waals surface area contributed by atoms with Crippen LogP contribution in [-0.4, -0.2) is 45.5 Å². The van der Waals surface area contributed by atoms with E-state index >= 15 is 0 Å². The van der Waals surface area contributed by atoms with Crippen molar-refractivity contribution in [2.24, 2.45) is 0 Å². The Labute approximate surface area is 191 Å². The van der Waals surface area contributed by atoms with Gasteiger partial charge in [-0.2, -0.15) is 0 Å². The number of fused-ring (bicyclic) bond motifs is 1. The molecule has 0 spiro atoms. The summed E-state index contributed by atoms with van der Waals surface area (Å²) in [5.74, 6) is 0.847. The summed E-state index contributed by atoms with van der Waals surface area (Å²) in [6.45, 7) is 7.30. The number of nitrogens with zero attached hydrogens (tertiary/aromatic N) is 3. The number of nitrogens with one attached hydrogen (secondary N) is 1. The van der Waals surface area contributed by atoms with E-state index in [1.165, 1.54) is 25.7 Å². The maximum atomic E-state index is 13.1. The van der Waals surface area contributed by atoms with Gasteiger partial charge in [0.2, 0.25) is 0 Å². The van der Waals surface area contributed by atoms with Gasteiger partial charge in [-0.1, -0.05) is 24.4 Å². The number of hydrogen-bond donors (Lipinski definition) is 1. The van der Waals surface area contributed by atoms with E-state index in [9.17, 15) is 4.79 Å². The molecule has 1 fully saturated rings. The van der Waals surface area contributed by atoms with Crippen LogP contribution < -0.4 is 5.32 Å². The largest absolute Gasteiger partial charge is 0.351 e. The molecule has 168 valence electrons. The molecule has 0 saturated carbocycles. The minimum absolute atomic E-state index is 0.0365. The Bertz CT molecular complexity index is 882. The summed E-state index contributed by atoms with van der Waals surface area (Å²) in [5.41, 5.74) is 2.70. The highest BCUT2D eigenvalue weighted by molar-refractivity contribution is 6.30. The highest BCUT2D eigenvalue weighted by Gasteiger charge is 2.25. The molecule has 2 aromatic rings. The summed E-state index contributed by atoms with van der Waals surface area (Å²) < 4.78 is 2.25. The lowest BCUT2D eigenvalue weighted by atomic mass is 9.97. The Morgan fingerprint density at radius 1 is 1.10 bits per heavy atom. The van der Waals surface area contributed by atoms with Crippen molar-refractivity contribution in [2.45, 2.75) is 83.8 Å². The Balaban J connectivity index is 1.44. The van der Waals surface area contributed by atoms with Crippen LogP contribution in [0.15, 0.2) is 24.3 Å². The van der Waals surface area contributed by atoms with Gasteiger partial charge in [-0.3, -0.25) is 9.69 Å². The zero-order valence-electron chi connectivity index (χ0n) is 18.9. The van der Waals surface area contributed by atoms with Gasteiger partial charge in [0.15, 0.2) is 0 Å². The summed E-state index contributed by atoms with van der Waals surface area (Å²) >= 11 is 6.07. The normalized spacial score (nSPS) is 22.0. The Kier molecular flexibility index (Phi) is 7.34. The molecule has 1 amide bonds. The number of carbonyl (C=O) groups excluding carboxylic acids is 1. The van der Waals surface area contributed by atoms with Gasteiger partial charge >= 0.3 is 0 Å². The molecule has 4 rings (SSSR count). The Morgan fingerprint density at radius 2 is 1.84 bits per heavy atom. The van der Waals surface area contributed by atoms with E-state index in [4.69, 9.17) is 16.6 Å². The number of amides is 1. The number of benzene rings is 1. The lowest BCUT2D eigenvalue weighted by Crippen LogP contribution is -2.44. The molecule has 1 aromatic heterocycles. The fourth-order valence-corrected chi connectivity index (χ4v) is 5.31. The second-order valence-electron chi connectivity index (χ2n) is 9.18. The fourth-order valence-electron chi connectivity index (χ4n) is 5.18. The van der Waals surface area contributed by atoms with Crippen molar-refractivity contribution < 1.29 is 4.79 Å². The molecule has 2 aliphatic rings. The second-order valence-corrected chi connectivity index (χ2v) is 9.61.